The minimum Gasteiger partial charge on any atom is -0.457 e. The van der Waals surface area contributed by atoms with Gasteiger partial charge in [-0.25, -0.2) is 4.79 Å². The highest BCUT2D eigenvalue weighted by atomic mass is 16.5. The zero-order valence-corrected chi connectivity index (χ0v) is 13.7. The molecule has 0 aliphatic rings. The first-order valence-electron chi connectivity index (χ1n) is 7.56. The van der Waals surface area contributed by atoms with Crippen molar-refractivity contribution in [3.63, 3.8) is 0 Å². The molecular weight excluding hydrogens is 324 g/mol. The molecule has 0 bridgehead atoms. The molecule has 0 spiro atoms. The van der Waals surface area contributed by atoms with Crippen molar-refractivity contribution in [2.45, 2.75) is 0 Å². The molecule has 2 amide bonds. The third-order valence-corrected chi connectivity index (χ3v) is 3.11. The second-order valence-corrected chi connectivity index (χ2v) is 4.97. The maximum absolute atomic E-state index is 12.0. The van der Waals surface area contributed by atoms with Gasteiger partial charge in [-0.3, -0.25) is 9.59 Å². The van der Waals surface area contributed by atoms with Crippen LogP contribution in [0.3, 0.4) is 0 Å². The lowest BCUT2D eigenvalue weighted by Gasteiger charge is -2.08. The maximum Gasteiger partial charge on any atom is 0.338 e. The van der Waals surface area contributed by atoms with Gasteiger partial charge in [-0.2, -0.15) is 0 Å². The van der Waals surface area contributed by atoms with Gasteiger partial charge >= 0.3 is 5.97 Å². The number of ether oxygens (including phenoxy) is 2. The monoisotopic (exact) mass is 342 g/mol. The largest absolute Gasteiger partial charge is 0.457 e. The summed E-state index contributed by atoms with van der Waals surface area (Å²) in [6, 6.07) is 15.6. The van der Waals surface area contributed by atoms with Crippen LogP contribution < -0.4 is 15.4 Å². The number of likely N-dealkylation sites (N-methyl/N-ethyl adjacent to an activating group) is 1. The molecule has 2 rings (SSSR count). The van der Waals surface area contributed by atoms with E-state index in [1.54, 1.807) is 30.3 Å². The van der Waals surface area contributed by atoms with Crippen LogP contribution >= 0.6 is 0 Å². The number of hydrogen-bond donors (Lipinski definition) is 2. The number of amides is 2. The molecule has 130 valence electrons. The van der Waals surface area contributed by atoms with Crippen LogP contribution in [0.1, 0.15) is 10.4 Å². The second-order valence-electron chi connectivity index (χ2n) is 4.97. The molecule has 0 heterocycles. The maximum atomic E-state index is 12.0. The third-order valence-electron chi connectivity index (χ3n) is 3.11. The van der Waals surface area contributed by atoms with Crippen LogP contribution in [0.2, 0.25) is 0 Å². The standard InChI is InChI=1S/C18H18N2O5/c1-19-16(21)11-20-17(22)12-24-18(23)13-6-5-9-15(10-13)25-14-7-3-2-4-8-14/h2-10H,11-12H2,1H3,(H,19,21)(H,20,22). The SMILES string of the molecule is CNC(=O)CNC(=O)COC(=O)c1cccc(Oc2ccccc2)c1. The van der Waals surface area contributed by atoms with Crippen molar-refractivity contribution in [1.29, 1.82) is 0 Å². The highest BCUT2D eigenvalue weighted by molar-refractivity contribution is 5.92. The number of benzene rings is 2. The number of carbonyl (C=O) groups excluding carboxylic acids is 3. The Bertz CT molecular complexity index is 746. The Labute approximate surface area is 144 Å². The van der Waals surface area contributed by atoms with Crippen molar-refractivity contribution >= 4 is 17.8 Å². The lowest BCUT2D eigenvalue weighted by Crippen LogP contribution is -2.37. The molecule has 7 nitrogen and oxygen atoms in total. The van der Waals surface area contributed by atoms with Crippen LogP contribution in [0.4, 0.5) is 0 Å². The number of rotatable bonds is 7. The zero-order chi connectivity index (χ0) is 18.1. The highest BCUT2D eigenvalue weighted by Crippen LogP contribution is 2.22. The van der Waals surface area contributed by atoms with Gasteiger partial charge in [0.25, 0.3) is 5.91 Å². The normalized spacial score (nSPS) is 9.80. The molecule has 0 saturated carbocycles. The van der Waals surface area contributed by atoms with E-state index in [1.807, 2.05) is 18.2 Å². The minimum atomic E-state index is -0.659. The van der Waals surface area contributed by atoms with Crippen LogP contribution in [0.15, 0.2) is 54.6 Å². The van der Waals surface area contributed by atoms with E-state index in [-0.39, 0.29) is 18.0 Å². The van der Waals surface area contributed by atoms with E-state index in [2.05, 4.69) is 10.6 Å². The number of carbonyl (C=O) groups is 3. The summed E-state index contributed by atoms with van der Waals surface area (Å²) < 4.78 is 10.6. The molecule has 2 aromatic rings. The van der Waals surface area contributed by atoms with E-state index in [0.717, 1.165) is 0 Å². The molecule has 0 aromatic heterocycles. The van der Waals surface area contributed by atoms with E-state index in [1.165, 1.54) is 13.1 Å². The predicted molar refractivity (Wildman–Crippen MR) is 90.3 cm³/mol. The van der Waals surface area contributed by atoms with Crippen molar-refractivity contribution < 1.29 is 23.9 Å². The first-order valence-corrected chi connectivity index (χ1v) is 7.56. The molecule has 0 fully saturated rings. The first kappa shape index (κ1) is 18.0. The van der Waals surface area contributed by atoms with E-state index >= 15 is 0 Å². The number of esters is 1. The summed E-state index contributed by atoms with van der Waals surface area (Å²) in [5, 5.41) is 4.69. The van der Waals surface area contributed by atoms with Gasteiger partial charge in [-0.05, 0) is 30.3 Å². The highest BCUT2D eigenvalue weighted by Gasteiger charge is 2.12. The molecule has 2 aromatic carbocycles. The van der Waals surface area contributed by atoms with Crippen LogP contribution in [0.5, 0.6) is 11.5 Å². The van der Waals surface area contributed by atoms with Gasteiger partial charge in [-0.1, -0.05) is 24.3 Å². The zero-order valence-electron chi connectivity index (χ0n) is 13.7. The van der Waals surface area contributed by atoms with Gasteiger partial charge in [0.1, 0.15) is 11.5 Å². The third kappa shape index (κ3) is 5.98. The van der Waals surface area contributed by atoms with E-state index in [9.17, 15) is 14.4 Å². The molecular formula is C18H18N2O5. The van der Waals surface area contributed by atoms with Crippen molar-refractivity contribution in [2.24, 2.45) is 0 Å². The number of hydrogen-bond acceptors (Lipinski definition) is 5. The molecule has 2 N–H and O–H groups in total. The topological polar surface area (TPSA) is 93.7 Å². The quantitative estimate of drug-likeness (QED) is 0.744. The Morgan fingerprint density at radius 1 is 0.920 bits per heavy atom. The lowest BCUT2D eigenvalue weighted by atomic mass is 10.2. The van der Waals surface area contributed by atoms with Gasteiger partial charge in [0.05, 0.1) is 12.1 Å². The Kier molecular flexibility index (Phi) is 6.53. The van der Waals surface area contributed by atoms with Gasteiger partial charge in [-0.15, -0.1) is 0 Å². The summed E-state index contributed by atoms with van der Waals surface area (Å²) in [6.07, 6.45) is 0. The molecule has 0 saturated heterocycles. The molecule has 0 aliphatic heterocycles. The molecule has 0 unspecified atom stereocenters. The van der Waals surface area contributed by atoms with Crippen LogP contribution in [0, 0.1) is 0 Å². The fourth-order valence-corrected chi connectivity index (χ4v) is 1.84. The molecule has 25 heavy (non-hydrogen) atoms. The Balaban J connectivity index is 1.88. The predicted octanol–water partition coefficient (Wildman–Crippen LogP) is 1.50. The van der Waals surface area contributed by atoms with Gasteiger partial charge < -0.3 is 20.1 Å². The fourth-order valence-electron chi connectivity index (χ4n) is 1.84. The van der Waals surface area contributed by atoms with Gasteiger partial charge in [0.2, 0.25) is 5.91 Å². The number of nitrogens with one attached hydrogen (secondary N) is 2. The Morgan fingerprint density at radius 3 is 2.36 bits per heavy atom. The summed E-state index contributed by atoms with van der Waals surface area (Å²) in [7, 11) is 1.46. The summed E-state index contributed by atoms with van der Waals surface area (Å²) in [6.45, 7) is -0.646. The lowest BCUT2D eigenvalue weighted by molar-refractivity contribution is -0.127. The van der Waals surface area contributed by atoms with Crippen molar-refractivity contribution in [3.05, 3.63) is 60.2 Å². The molecule has 0 aliphatic carbocycles. The van der Waals surface area contributed by atoms with Gasteiger partial charge in [0.15, 0.2) is 6.61 Å². The van der Waals surface area contributed by atoms with Crippen LogP contribution in [0.25, 0.3) is 0 Å². The molecule has 7 heteroatoms. The molecule has 0 atom stereocenters. The Hall–Kier alpha value is -3.35. The van der Waals surface area contributed by atoms with E-state index in [4.69, 9.17) is 9.47 Å². The van der Waals surface area contributed by atoms with Crippen molar-refractivity contribution in [1.82, 2.24) is 10.6 Å². The van der Waals surface area contributed by atoms with E-state index in [0.29, 0.717) is 11.5 Å². The summed E-state index contributed by atoms with van der Waals surface area (Å²) >= 11 is 0. The second kappa shape index (κ2) is 9.07. The van der Waals surface area contributed by atoms with Crippen molar-refractivity contribution in [3.8, 4) is 11.5 Å². The van der Waals surface area contributed by atoms with E-state index < -0.39 is 18.5 Å². The van der Waals surface area contributed by atoms with Crippen LogP contribution in [-0.4, -0.2) is 38.0 Å². The minimum absolute atomic E-state index is 0.173. The summed E-state index contributed by atoms with van der Waals surface area (Å²) in [5.74, 6) is -0.445. The number of para-hydroxylation sites is 1. The smallest absolute Gasteiger partial charge is 0.338 e. The molecule has 0 radical (unpaired) electrons. The Morgan fingerprint density at radius 2 is 1.64 bits per heavy atom. The van der Waals surface area contributed by atoms with Crippen LogP contribution in [-0.2, 0) is 14.3 Å². The van der Waals surface area contributed by atoms with Gasteiger partial charge in [0, 0.05) is 7.05 Å². The van der Waals surface area contributed by atoms with Crippen molar-refractivity contribution in [2.75, 3.05) is 20.2 Å². The average Bonchev–Trinajstić information content (AvgIpc) is 2.65. The first-order chi connectivity index (χ1) is 12.1. The summed E-state index contributed by atoms with van der Waals surface area (Å²) in [5.41, 5.74) is 0.257. The fraction of sp³-hybridized carbons (Fsp3) is 0.167. The summed E-state index contributed by atoms with van der Waals surface area (Å²) in [4.78, 5) is 34.5. The average molecular weight is 342 g/mol.